The van der Waals surface area contributed by atoms with Gasteiger partial charge >= 0.3 is 0 Å². The number of hydrogen-bond donors (Lipinski definition) is 1. The van der Waals surface area contributed by atoms with Crippen molar-refractivity contribution >= 4 is 17.5 Å². The lowest BCUT2D eigenvalue weighted by Gasteiger charge is -2.37. The molecule has 0 radical (unpaired) electrons. The number of benzene rings is 1. The molecular weight excluding hydrogens is 362 g/mol. The van der Waals surface area contributed by atoms with E-state index in [1.165, 1.54) is 16.8 Å². The quantitative estimate of drug-likeness (QED) is 0.806. The monoisotopic (exact) mass is 395 g/mol. The van der Waals surface area contributed by atoms with E-state index >= 15 is 0 Å². The predicted molar refractivity (Wildman–Crippen MR) is 119 cm³/mol. The number of nitrogens with zero attached hydrogens (tertiary/aromatic N) is 4. The van der Waals surface area contributed by atoms with Gasteiger partial charge in [0.2, 0.25) is 5.95 Å². The number of amides is 1. The molecule has 0 saturated carbocycles. The van der Waals surface area contributed by atoms with Crippen molar-refractivity contribution in [1.82, 2.24) is 14.9 Å². The molecule has 2 heterocycles. The summed E-state index contributed by atoms with van der Waals surface area (Å²) >= 11 is 0. The van der Waals surface area contributed by atoms with Crippen LogP contribution in [0.15, 0.2) is 24.3 Å². The smallest absolute Gasteiger partial charge is 0.272 e. The maximum atomic E-state index is 13.0. The van der Waals surface area contributed by atoms with Gasteiger partial charge in [0.1, 0.15) is 5.69 Å². The van der Waals surface area contributed by atoms with Gasteiger partial charge in [-0.3, -0.25) is 4.79 Å². The number of carbonyl (C=O) groups is 1. The van der Waals surface area contributed by atoms with Crippen molar-refractivity contribution in [2.45, 2.75) is 41.0 Å². The van der Waals surface area contributed by atoms with Gasteiger partial charge in [0, 0.05) is 44.1 Å². The molecular formula is C23H33N5O. The molecule has 1 aromatic carbocycles. The van der Waals surface area contributed by atoms with Crippen LogP contribution in [0.5, 0.6) is 0 Å². The van der Waals surface area contributed by atoms with Gasteiger partial charge in [-0.05, 0) is 56.4 Å². The molecule has 156 valence electrons. The summed E-state index contributed by atoms with van der Waals surface area (Å²) in [7, 11) is 0. The second-order valence-electron chi connectivity index (χ2n) is 8.33. The first-order valence-electron chi connectivity index (χ1n) is 10.5. The summed E-state index contributed by atoms with van der Waals surface area (Å²) in [5.41, 5.74) is 5.17. The van der Waals surface area contributed by atoms with E-state index in [4.69, 9.17) is 0 Å². The number of nitrogens with one attached hydrogen (secondary N) is 1. The molecule has 1 fully saturated rings. The molecule has 1 aliphatic heterocycles. The Kier molecular flexibility index (Phi) is 6.72. The summed E-state index contributed by atoms with van der Waals surface area (Å²) in [5.74, 6) is 1.15. The van der Waals surface area contributed by atoms with Crippen molar-refractivity contribution in [2.24, 2.45) is 5.92 Å². The second-order valence-corrected chi connectivity index (χ2v) is 8.33. The minimum absolute atomic E-state index is 0.0111. The van der Waals surface area contributed by atoms with Crippen LogP contribution in [-0.2, 0) is 0 Å². The van der Waals surface area contributed by atoms with E-state index in [9.17, 15) is 4.79 Å². The highest BCUT2D eigenvalue weighted by molar-refractivity contribution is 5.92. The van der Waals surface area contributed by atoms with Crippen LogP contribution < -0.4 is 10.2 Å². The van der Waals surface area contributed by atoms with E-state index in [1.54, 1.807) is 6.07 Å². The van der Waals surface area contributed by atoms with Gasteiger partial charge in [-0.15, -0.1) is 0 Å². The first-order valence-corrected chi connectivity index (χ1v) is 10.5. The average Bonchev–Trinajstić information content (AvgIpc) is 2.69. The Morgan fingerprint density at radius 1 is 1.10 bits per heavy atom. The lowest BCUT2D eigenvalue weighted by Crippen LogP contribution is -2.49. The topological polar surface area (TPSA) is 61.4 Å². The predicted octanol–water partition coefficient (Wildman–Crippen LogP) is 3.82. The largest absolute Gasteiger partial charge is 0.368 e. The van der Waals surface area contributed by atoms with E-state index in [-0.39, 0.29) is 5.91 Å². The maximum Gasteiger partial charge on any atom is 0.272 e. The van der Waals surface area contributed by atoms with Crippen molar-refractivity contribution in [3.05, 3.63) is 46.8 Å². The van der Waals surface area contributed by atoms with Crippen LogP contribution in [0.2, 0.25) is 0 Å². The van der Waals surface area contributed by atoms with Crippen LogP contribution >= 0.6 is 0 Å². The number of anilines is 2. The minimum atomic E-state index is -0.0111. The van der Waals surface area contributed by atoms with Gasteiger partial charge in [0.15, 0.2) is 0 Å². The normalized spacial score (nSPS) is 14.4. The second kappa shape index (κ2) is 9.25. The number of aryl methyl sites for hydroxylation is 2. The van der Waals surface area contributed by atoms with Crippen LogP contribution in [0, 0.1) is 26.7 Å². The Bertz CT molecular complexity index is 856. The van der Waals surface area contributed by atoms with Crippen LogP contribution in [0.1, 0.15) is 47.6 Å². The summed E-state index contributed by atoms with van der Waals surface area (Å²) in [6, 6.07) is 8.20. The zero-order chi connectivity index (χ0) is 21.0. The van der Waals surface area contributed by atoms with Gasteiger partial charge in [0.05, 0.1) is 0 Å². The van der Waals surface area contributed by atoms with E-state index < -0.39 is 0 Å². The van der Waals surface area contributed by atoms with Gasteiger partial charge in [-0.2, -0.15) is 0 Å². The molecule has 6 nitrogen and oxygen atoms in total. The standard InChI is InChI=1S/C23H33N5O/c1-16(2)9-10-24-23-25-18(4)15-20(26-23)22(29)28-13-11-27(12-14-28)21-8-6-7-17(3)19(21)5/h6-8,15-16H,9-14H2,1-5H3,(H,24,25,26). The Morgan fingerprint density at radius 3 is 2.52 bits per heavy atom. The first kappa shape index (κ1) is 21.1. The molecule has 29 heavy (non-hydrogen) atoms. The highest BCUT2D eigenvalue weighted by Gasteiger charge is 2.24. The number of rotatable bonds is 6. The third kappa shape index (κ3) is 5.25. The summed E-state index contributed by atoms with van der Waals surface area (Å²) in [5, 5.41) is 3.25. The molecule has 1 N–H and O–H groups in total. The average molecular weight is 396 g/mol. The third-order valence-electron chi connectivity index (χ3n) is 5.56. The fourth-order valence-electron chi connectivity index (χ4n) is 3.62. The molecule has 0 bridgehead atoms. The highest BCUT2D eigenvalue weighted by atomic mass is 16.2. The highest BCUT2D eigenvalue weighted by Crippen LogP contribution is 2.24. The van der Waals surface area contributed by atoms with E-state index in [1.807, 2.05) is 11.8 Å². The number of carbonyl (C=O) groups excluding carboxylic acids is 1. The Balaban J connectivity index is 1.64. The van der Waals surface area contributed by atoms with Gasteiger partial charge in [0.25, 0.3) is 5.91 Å². The lowest BCUT2D eigenvalue weighted by molar-refractivity contribution is 0.0740. The first-order chi connectivity index (χ1) is 13.8. The molecule has 2 aromatic rings. The minimum Gasteiger partial charge on any atom is -0.368 e. The van der Waals surface area contributed by atoms with Crippen LogP contribution in [0.4, 0.5) is 11.6 Å². The summed E-state index contributed by atoms with van der Waals surface area (Å²) in [6.45, 7) is 14.5. The molecule has 0 aliphatic carbocycles. The molecule has 1 saturated heterocycles. The zero-order valence-corrected chi connectivity index (χ0v) is 18.3. The summed E-state index contributed by atoms with van der Waals surface area (Å²) < 4.78 is 0. The van der Waals surface area contributed by atoms with Crippen molar-refractivity contribution in [3.8, 4) is 0 Å². The number of aromatic nitrogens is 2. The Labute approximate surface area is 174 Å². The molecule has 1 aromatic heterocycles. The molecule has 0 spiro atoms. The Hall–Kier alpha value is -2.63. The lowest BCUT2D eigenvalue weighted by atomic mass is 10.1. The fourth-order valence-corrected chi connectivity index (χ4v) is 3.62. The third-order valence-corrected chi connectivity index (χ3v) is 5.56. The zero-order valence-electron chi connectivity index (χ0n) is 18.3. The molecule has 6 heteroatoms. The van der Waals surface area contributed by atoms with E-state index in [0.29, 0.717) is 30.6 Å². The van der Waals surface area contributed by atoms with Gasteiger partial charge in [-0.25, -0.2) is 9.97 Å². The molecule has 3 rings (SSSR count). The number of hydrogen-bond acceptors (Lipinski definition) is 5. The maximum absolute atomic E-state index is 13.0. The van der Waals surface area contributed by atoms with Crippen molar-refractivity contribution < 1.29 is 4.79 Å². The van der Waals surface area contributed by atoms with Crippen LogP contribution in [-0.4, -0.2) is 53.5 Å². The molecule has 1 amide bonds. The molecule has 0 atom stereocenters. The van der Waals surface area contributed by atoms with E-state index in [2.05, 4.69) is 66.1 Å². The SMILES string of the molecule is Cc1cc(C(=O)N2CCN(c3cccc(C)c3C)CC2)nc(NCCC(C)C)n1. The molecule has 1 aliphatic rings. The summed E-state index contributed by atoms with van der Waals surface area (Å²) in [6.07, 6.45) is 1.04. The van der Waals surface area contributed by atoms with Gasteiger partial charge in [-0.1, -0.05) is 26.0 Å². The van der Waals surface area contributed by atoms with Crippen molar-refractivity contribution in [1.29, 1.82) is 0 Å². The Morgan fingerprint density at radius 2 is 1.83 bits per heavy atom. The molecule has 0 unspecified atom stereocenters. The fraction of sp³-hybridized carbons (Fsp3) is 0.522. The van der Waals surface area contributed by atoms with Crippen LogP contribution in [0.3, 0.4) is 0 Å². The van der Waals surface area contributed by atoms with Gasteiger partial charge < -0.3 is 15.1 Å². The summed E-state index contributed by atoms with van der Waals surface area (Å²) in [4.78, 5) is 26.2. The van der Waals surface area contributed by atoms with Crippen LogP contribution in [0.25, 0.3) is 0 Å². The van der Waals surface area contributed by atoms with Crippen molar-refractivity contribution in [3.63, 3.8) is 0 Å². The number of piperazine rings is 1. The van der Waals surface area contributed by atoms with E-state index in [0.717, 1.165) is 31.7 Å². The van der Waals surface area contributed by atoms with Crippen molar-refractivity contribution in [2.75, 3.05) is 42.9 Å².